The Kier molecular flexibility index (Phi) is 3.01. The highest BCUT2D eigenvalue weighted by molar-refractivity contribution is 5.78. The molecule has 1 saturated heterocycles. The number of likely N-dealkylation sites (tertiary alicyclic amines) is 1. The van der Waals surface area contributed by atoms with Crippen molar-refractivity contribution in [1.29, 1.82) is 0 Å². The second-order valence-corrected chi connectivity index (χ2v) is 5.73. The van der Waals surface area contributed by atoms with Crippen LogP contribution in [0.2, 0.25) is 0 Å². The van der Waals surface area contributed by atoms with Gasteiger partial charge >= 0.3 is 0 Å². The number of carbonyl (C=O) groups is 1. The van der Waals surface area contributed by atoms with Gasteiger partial charge in [0.25, 0.3) is 0 Å². The lowest BCUT2D eigenvalue weighted by atomic mass is 9.97. The van der Waals surface area contributed by atoms with E-state index in [-0.39, 0.29) is 5.91 Å². The van der Waals surface area contributed by atoms with Crippen LogP contribution in [0.25, 0.3) is 11.0 Å². The molecule has 0 unspecified atom stereocenters. The molecule has 100 valence electrons. The number of hydrogen-bond acceptors (Lipinski definition) is 2. The predicted octanol–water partition coefficient (Wildman–Crippen LogP) is 2.53. The Balaban J connectivity index is 1.65. The third-order valence-corrected chi connectivity index (χ3v) is 3.61. The summed E-state index contributed by atoms with van der Waals surface area (Å²) in [6.07, 6.45) is 0.646. The number of para-hydroxylation sites is 2. The Morgan fingerprint density at radius 3 is 2.84 bits per heavy atom. The fourth-order valence-electron chi connectivity index (χ4n) is 2.50. The molecule has 1 aliphatic rings. The molecule has 1 aromatic heterocycles. The average molecular weight is 257 g/mol. The van der Waals surface area contributed by atoms with Gasteiger partial charge in [0.1, 0.15) is 5.82 Å². The number of aromatic nitrogens is 2. The van der Waals surface area contributed by atoms with Crippen LogP contribution in [0.15, 0.2) is 24.3 Å². The summed E-state index contributed by atoms with van der Waals surface area (Å²) in [6, 6.07) is 8.04. The molecule has 19 heavy (non-hydrogen) atoms. The van der Waals surface area contributed by atoms with Crippen molar-refractivity contribution < 1.29 is 4.79 Å². The molecular weight excluding hydrogens is 238 g/mol. The van der Waals surface area contributed by atoms with Gasteiger partial charge in [-0.15, -0.1) is 0 Å². The predicted molar refractivity (Wildman–Crippen MR) is 74.9 cm³/mol. The number of H-pyrrole nitrogens is 1. The molecule has 4 heteroatoms. The highest BCUT2D eigenvalue weighted by atomic mass is 16.2. The molecule has 0 aliphatic carbocycles. The van der Waals surface area contributed by atoms with Gasteiger partial charge in [-0.2, -0.15) is 0 Å². The second-order valence-electron chi connectivity index (χ2n) is 5.73. The molecule has 1 fully saturated rings. The summed E-state index contributed by atoms with van der Waals surface area (Å²) in [5.74, 6) is 2.07. The van der Waals surface area contributed by atoms with Crippen molar-refractivity contribution in [2.45, 2.75) is 26.2 Å². The molecule has 0 bridgehead atoms. The molecule has 3 rings (SSSR count). The number of carbonyl (C=O) groups excluding carboxylic acids is 1. The van der Waals surface area contributed by atoms with Crippen molar-refractivity contribution in [2.24, 2.45) is 5.92 Å². The molecule has 0 atom stereocenters. The first-order valence-electron chi connectivity index (χ1n) is 6.86. The van der Waals surface area contributed by atoms with Crippen LogP contribution in [0.5, 0.6) is 0 Å². The van der Waals surface area contributed by atoms with Gasteiger partial charge in [0.15, 0.2) is 0 Å². The van der Waals surface area contributed by atoms with E-state index >= 15 is 0 Å². The summed E-state index contributed by atoms with van der Waals surface area (Å²) in [7, 11) is 0. The van der Waals surface area contributed by atoms with Gasteiger partial charge in [0, 0.05) is 19.5 Å². The first-order chi connectivity index (χ1) is 9.13. The highest BCUT2D eigenvalue weighted by Crippen LogP contribution is 2.27. The molecular formula is C15H19N3O. The van der Waals surface area contributed by atoms with E-state index in [2.05, 4.69) is 23.8 Å². The van der Waals surface area contributed by atoms with Crippen LogP contribution in [0.4, 0.5) is 0 Å². The standard InChI is InChI=1S/C15H19N3O/c1-10(2)7-14(19)18-8-11(9-18)15-16-12-5-3-4-6-13(12)17-15/h3-6,10-11H,7-9H2,1-2H3,(H,16,17). The van der Waals surface area contributed by atoms with Gasteiger partial charge in [0.2, 0.25) is 5.91 Å². The molecule has 0 radical (unpaired) electrons. The van der Waals surface area contributed by atoms with E-state index < -0.39 is 0 Å². The van der Waals surface area contributed by atoms with E-state index in [0.717, 1.165) is 29.9 Å². The monoisotopic (exact) mass is 257 g/mol. The SMILES string of the molecule is CC(C)CC(=O)N1CC(c2nc3ccccc3[nH]2)C1. The minimum absolute atomic E-state index is 0.266. The lowest BCUT2D eigenvalue weighted by Crippen LogP contribution is -2.49. The van der Waals surface area contributed by atoms with E-state index in [1.807, 2.05) is 29.2 Å². The third-order valence-electron chi connectivity index (χ3n) is 3.61. The minimum atomic E-state index is 0.266. The zero-order valence-electron chi connectivity index (χ0n) is 11.4. The smallest absolute Gasteiger partial charge is 0.222 e. The number of imidazole rings is 1. The minimum Gasteiger partial charge on any atom is -0.342 e. The maximum Gasteiger partial charge on any atom is 0.222 e. The lowest BCUT2D eigenvalue weighted by Gasteiger charge is -2.38. The maximum atomic E-state index is 11.9. The number of fused-ring (bicyclic) bond motifs is 1. The molecule has 1 N–H and O–H groups in total. The van der Waals surface area contributed by atoms with Gasteiger partial charge in [0.05, 0.1) is 17.0 Å². The fraction of sp³-hybridized carbons (Fsp3) is 0.467. The number of amides is 1. The second kappa shape index (κ2) is 4.68. The van der Waals surface area contributed by atoms with Crippen LogP contribution >= 0.6 is 0 Å². The summed E-state index contributed by atoms with van der Waals surface area (Å²) in [4.78, 5) is 21.8. The van der Waals surface area contributed by atoms with Gasteiger partial charge in [-0.25, -0.2) is 4.98 Å². The number of nitrogens with zero attached hydrogens (tertiary/aromatic N) is 2. The molecule has 1 aromatic carbocycles. The topological polar surface area (TPSA) is 49.0 Å². The summed E-state index contributed by atoms with van der Waals surface area (Å²) in [5.41, 5.74) is 2.08. The van der Waals surface area contributed by atoms with Crippen LogP contribution in [0, 0.1) is 5.92 Å². The molecule has 2 heterocycles. The third kappa shape index (κ3) is 2.35. The fourth-order valence-corrected chi connectivity index (χ4v) is 2.50. The molecule has 2 aromatic rings. The highest BCUT2D eigenvalue weighted by Gasteiger charge is 2.33. The first kappa shape index (κ1) is 12.2. The van der Waals surface area contributed by atoms with Crippen LogP contribution in [-0.4, -0.2) is 33.9 Å². The Morgan fingerprint density at radius 2 is 2.16 bits per heavy atom. The Hall–Kier alpha value is -1.84. The molecule has 1 aliphatic heterocycles. The van der Waals surface area contributed by atoms with E-state index in [1.165, 1.54) is 0 Å². The first-order valence-corrected chi connectivity index (χ1v) is 6.86. The van der Waals surface area contributed by atoms with E-state index in [0.29, 0.717) is 18.3 Å². The molecule has 0 spiro atoms. The van der Waals surface area contributed by atoms with Crippen molar-refractivity contribution in [1.82, 2.24) is 14.9 Å². The van der Waals surface area contributed by atoms with Crippen LogP contribution in [0.3, 0.4) is 0 Å². The zero-order chi connectivity index (χ0) is 13.4. The Labute approximate surface area is 112 Å². The van der Waals surface area contributed by atoms with Crippen molar-refractivity contribution in [3.8, 4) is 0 Å². The summed E-state index contributed by atoms with van der Waals surface area (Å²) >= 11 is 0. The summed E-state index contributed by atoms with van der Waals surface area (Å²) in [5, 5.41) is 0. The Bertz CT molecular complexity index is 563. The largest absolute Gasteiger partial charge is 0.342 e. The molecule has 0 saturated carbocycles. The van der Waals surface area contributed by atoms with Crippen molar-refractivity contribution in [3.05, 3.63) is 30.1 Å². The van der Waals surface area contributed by atoms with Gasteiger partial charge in [-0.1, -0.05) is 26.0 Å². The zero-order valence-corrected chi connectivity index (χ0v) is 11.4. The average Bonchev–Trinajstić information content (AvgIpc) is 2.68. The Morgan fingerprint density at radius 1 is 1.42 bits per heavy atom. The summed E-state index contributed by atoms with van der Waals surface area (Å²) < 4.78 is 0. The van der Waals surface area contributed by atoms with Crippen LogP contribution < -0.4 is 0 Å². The molecule has 1 amide bonds. The number of rotatable bonds is 3. The number of aromatic amines is 1. The summed E-state index contributed by atoms with van der Waals surface area (Å²) in [6.45, 7) is 5.75. The van der Waals surface area contributed by atoms with E-state index in [1.54, 1.807) is 0 Å². The van der Waals surface area contributed by atoms with Crippen LogP contribution in [0.1, 0.15) is 32.0 Å². The number of nitrogens with one attached hydrogen (secondary N) is 1. The van der Waals surface area contributed by atoms with E-state index in [9.17, 15) is 4.79 Å². The maximum absolute atomic E-state index is 11.9. The lowest BCUT2D eigenvalue weighted by molar-refractivity contribution is -0.136. The van der Waals surface area contributed by atoms with Crippen LogP contribution in [-0.2, 0) is 4.79 Å². The quantitative estimate of drug-likeness (QED) is 0.918. The van der Waals surface area contributed by atoms with Crippen molar-refractivity contribution in [3.63, 3.8) is 0 Å². The van der Waals surface area contributed by atoms with Gasteiger partial charge in [-0.05, 0) is 18.1 Å². The number of benzene rings is 1. The van der Waals surface area contributed by atoms with E-state index in [4.69, 9.17) is 0 Å². The normalized spacial score (nSPS) is 16.1. The molecule has 4 nitrogen and oxygen atoms in total. The van der Waals surface area contributed by atoms with Gasteiger partial charge in [-0.3, -0.25) is 4.79 Å². The van der Waals surface area contributed by atoms with Crippen molar-refractivity contribution >= 4 is 16.9 Å². The van der Waals surface area contributed by atoms with Gasteiger partial charge < -0.3 is 9.88 Å². The number of hydrogen-bond donors (Lipinski definition) is 1. The van der Waals surface area contributed by atoms with Crippen molar-refractivity contribution in [2.75, 3.05) is 13.1 Å².